The van der Waals surface area contributed by atoms with Crippen LogP contribution in [0.15, 0.2) is 31.8 Å². The van der Waals surface area contributed by atoms with Crippen LogP contribution >= 0.6 is 43.2 Å². The molecule has 0 aliphatic carbocycles. The van der Waals surface area contributed by atoms with E-state index in [1.54, 1.807) is 0 Å². The van der Waals surface area contributed by atoms with E-state index in [-0.39, 0.29) is 5.78 Å². The van der Waals surface area contributed by atoms with Crippen molar-refractivity contribution in [3.8, 4) is 0 Å². The second kappa shape index (κ2) is 5.68. The SMILES string of the molecule is Cc1ccc(C)c(CC(=O)c2cc(Br)sc2Br)c1. The lowest BCUT2D eigenvalue weighted by Gasteiger charge is -2.06. The molecule has 0 atom stereocenters. The molecule has 0 radical (unpaired) electrons. The van der Waals surface area contributed by atoms with Gasteiger partial charge in [0.2, 0.25) is 0 Å². The van der Waals surface area contributed by atoms with Crippen molar-refractivity contribution in [2.45, 2.75) is 20.3 Å². The maximum atomic E-state index is 12.3. The van der Waals surface area contributed by atoms with Crippen LogP contribution in [0.5, 0.6) is 0 Å². The number of ketones is 1. The first-order valence-electron chi connectivity index (χ1n) is 5.51. The van der Waals surface area contributed by atoms with Gasteiger partial charge in [0.1, 0.15) is 0 Å². The van der Waals surface area contributed by atoms with Crippen molar-refractivity contribution in [1.82, 2.24) is 0 Å². The van der Waals surface area contributed by atoms with Gasteiger partial charge in [-0.3, -0.25) is 4.79 Å². The topological polar surface area (TPSA) is 17.1 Å². The van der Waals surface area contributed by atoms with Gasteiger partial charge in [0.05, 0.1) is 7.57 Å². The highest BCUT2D eigenvalue weighted by molar-refractivity contribution is 9.12. The Morgan fingerprint density at radius 2 is 1.94 bits per heavy atom. The highest BCUT2D eigenvalue weighted by Gasteiger charge is 2.15. The lowest BCUT2D eigenvalue weighted by molar-refractivity contribution is 0.0992. The summed E-state index contributed by atoms with van der Waals surface area (Å²) in [7, 11) is 0. The van der Waals surface area contributed by atoms with E-state index in [1.807, 2.05) is 19.9 Å². The monoisotopic (exact) mass is 386 g/mol. The summed E-state index contributed by atoms with van der Waals surface area (Å²) in [5, 5.41) is 0. The lowest BCUT2D eigenvalue weighted by Crippen LogP contribution is -2.04. The van der Waals surface area contributed by atoms with Crippen LogP contribution in [-0.2, 0) is 6.42 Å². The quantitative estimate of drug-likeness (QED) is 0.651. The molecule has 0 aliphatic heterocycles. The molecule has 0 spiro atoms. The third kappa shape index (κ3) is 3.11. The molecule has 0 unspecified atom stereocenters. The Kier molecular flexibility index (Phi) is 4.41. The second-order valence-electron chi connectivity index (χ2n) is 4.27. The first kappa shape index (κ1) is 14.0. The standard InChI is InChI=1S/C14H12Br2OS/c1-8-3-4-9(2)10(5-8)6-12(17)11-7-13(15)18-14(11)16/h3-5,7H,6H2,1-2H3. The van der Waals surface area contributed by atoms with Gasteiger partial charge in [-0.05, 0) is 62.9 Å². The van der Waals surface area contributed by atoms with Crippen molar-refractivity contribution in [2.75, 3.05) is 0 Å². The van der Waals surface area contributed by atoms with Gasteiger partial charge in [-0.25, -0.2) is 0 Å². The molecule has 1 heterocycles. The molecule has 4 heteroatoms. The van der Waals surface area contributed by atoms with Crippen molar-refractivity contribution in [1.29, 1.82) is 0 Å². The summed E-state index contributed by atoms with van der Waals surface area (Å²) in [5.41, 5.74) is 4.22. The number of carbonyl (C=O) groups is 1. The third-order valence-electron chi connectivity index (χ3n) is 2.81. The molecule has 18 heavy (non-hydrogen) atoms. The summed E-state index contributed by atoms with van der Waals surface area (Å²) in [6.07, 6.45) is 0.454. The number of hydrogen-bond acceptors (Lipinski definition) is 2. The minimum absolute atomic E-state index is 0.150. The molecule has 0 fully saturated rings. The van der Waals surface area contributed by atoms with E-state index in [0.717, 1.165) is 18.7 Å². The van der Waals surface area contributed by atoms with E-state index >= 15 is 0 Å². The fraction of sp³-hybridized carbons (Fsp3) is 0.214. The predicted molar refractivity (Wildman–Crippen MR) is 83.7 cm³/mol. The summed E-state index contributed by atoms with van der Waals surface area (Å²) in [5.74, 6) is 0.150. The highest BCUT2D eigenvalue weighted by Crippen LogP contribution is 2.32. The van der Waals surface area contributed by atoms with E-state index in [9.17, 15) is 4.79 Å². The third-order valence-corrected chi connectivity index (χ3v) is 5.15. The summed E-state index contributed by atoms with van der Waals surface area (Å²) in [6, 6.07) is 8.10. The summed E-state index contributed by atoms with van der Waals surface area (Å²) in [4.78, 5) is 12.3. The normalized spacial score (nSPS) is 10.7. The smallest absolute Gasteiger partial charge is 0.169 e. The number of benzene rings is 1. The van der Waals surface area contributed by atoms with Gasteiger partial charge >= 0.3 is 0 Å². The van der Waals surface area contributed by atoms with Crippen LogP contribution in [0.3, 0.4) is 0 Å². The van der Waals surface area contributed by atoms with E-state index < -0.39 is 0 Å². The van der Waals surface area contributed by atoms with Crippen LogP contribution < -0.4 is 0 Å². The predicted octanol–water partition coefficient (Wildman–Crippen LogP) is 5.32. The van der Waals surface area contributed by atoms with E-state index in [1.165, 1.54) is 22.5 Å². The highest BCUT2D eigenvalue weighted by atomic mass is 79.9. The van der Waals surface area contributed by atoms with Gasteiger partial charge in [0, 0.05) is 12.0 Å². The zero-order chi connectivity index (χ0) is 13.3. The van der Waals surface area contributed by atoms with Crippen molar-refractivity contribution in [3.05, 3.63) is 54.1 Å². The molecule has 0 saturated heterocycles. The van der Waals surface area contributed by atoms with Crippen molar-refractivity contribution < 1.29 is 4.79 Å². The van der Waals surface area contributed by atoms with Crippen molar-refractivity contribution in [2.24, 2.45) is 0 Å². The Morgan fingerprint density at radius 1 is 1.22 bits per heavy atom. The molecule has 2 rings (SSSR count). The maximum absolute atomic E-state index is 12.3. The van der Waals surface area contributed by atoms with Gasteiger partial charge in [-0.2, -0.15) is 0 Å². The Labute approximate surface area is 127 Å². The molecule has 0 bridgehead atoms. The molecular weight excluding hydrogens is 376 g/mol. The molecule has 0 N–H and O–H groups in total. The fourth-order valence-electron chi connectivity index (χ4n) is 1.79. The number of carbonyl (C=O) groups excluding carboxylic acids is 1. The molecule has 1 aromatic heterocycles. The van der Waals surface area contributed by atoms with Gasteiger partial charge in [-0.15, -0.1) is 11.3 Å². The average Bonchev–Trinajstić information content (AvgIpc) is 2.63. The molecular formula is C14H12Br2OS. The van der Waals surface area contributed by atoms with E-state index in [4.69, 9.17) is 0 Å². The van der Waals surface area contributed by atoms with Crippen LogP contribution in [0.4, 0.5) is 0 Å². The number of Topliss-reactive ketones (excluding diaryl/α,β-unsaturated/α-hetero) is 1. The van der Waals surface area contributed by atoms with Crippen molar-refractivity contribution >= 4 is 49.0 Å². The second-order valence-corrected chi connectivity index (χ2v) is 8.02. The van der Waals surface area contributed by atoms with Crippen LogP contribution in [0.2, 0.25) is 0 Å². The molecule has 1 nitrogen and oxygen atoms in total. The molecule has 0 saturated carbocycles. The summed E-state index contributed by atoms with van der Waals surface area (Å²) >= 11 is 8.36. The van der Waals surface area contributed by atoms with Crippen LogP contribution in [0.1, 0.15) is 27.0 Å². The summed E-state index contributed by atoms with van der Waals surface area (Å²) in [6.45, 7) is 4.09. The molecule has 1 aromatic carbocycles. The van der Waals surface area contributed by atoms with Gasteiger partial charge in [0.15, 0.2) is 5.78 Å². The number of thiophene rings is 1. The number of hydrogen-bond donors (Lipinski definition) is 0. The molecule has 2 aromatic rings. The van der Waals surface area contributed by atoms with Gasteiger partial charge in [0.25, 0.3) is 0 Å². The summed E-state index contributed by atoms with van der Waals surface area (Å²) < 4.78 is 1.86. The Morgan fingerprint density at radius 3 is 2.56 bits per heavy atom. The Bertz CT molecular complexity index is 602. The van der Waals surface area contributed by atoms with E-state index in [2.05, 4.69) is 50.1 Å². The maximum Gasteiger partial charge on any atom is 0.169 e. The minimum Gasteiger partial charge on any atom is -0.294 e. The first-order chi connectivity index (χ1) is 8.47. The molecule has 0 amide bonds. The Balaban J connectivity index is 2.26. The van der Waals surface area contributed by atoms with E-state index in [0.29, 0.717) is 6.42 Å². The molecule has 0 aliphatic rings. The van der Waals surface area contributed by atoms with Crippen LogP contribution in [0.25, 0.3) is 0 Å². The zero-order valence-electron chi connectivity index (χ0n) is 10.1. The van der Waals surface area contributed by atoms with Gasteiger partial charge in [-0.1, -0.05) is 23.8 Å². The zero-order valence-corrected chi connectivity index (χ0v) is 14.1. The Hall–Kier alpha value is -0.450. The number of rotatable bonds is 3. The largest absolute Gasteiger partial charge is 0.294 e. The lowest BCUT2D eigenvalue weighted by atomic mass is 9.99. The molecule has 94 valence electrons. The number of halogens is 2. The van der Waals surface area contributed by atoms with Crippen LogP contribution in [-0.4, -0.2) is 5.78 Å². The van der Waals surface area contributed by atoms with Crippen molar-refractivity contribution in [3.63, 3.8) is 0 Å². The minimum atomic E-state index is 0.150. The van der Waals surface area contributed by atoms with Gasteiger partial charge < -0.3 is 0 Å². The van der Waals surface area contributed by atoms with Crippen LogP contribution in [0, 0.1) is 13.8 Å². The average molecular weight is 388 g/mol. The first-order valence-corrected chi connectivity index (χ1v) is 7.92. The fourth-order valence-corrected chi connectivity index (χ4v) is 4.64. The number of aryl methyl sites for hydroxylation is 2.